The number of aromatic nitrogens is 2. The molecule has 1 aliphatic carbocycles. The van der Waals surface area contributed by atoms with E-state index in [1.54, 1.807) is 0 Å². The third kappa shape index (κ3) is 3.66. The normalized spacial score (nSPS) is 23.4. The van der Waals surface area contributed by atoms with Crippen LogP contribution in [-0.4, -0.2) is 36.2 Å². The predicted octanol–water partition coefficient (Wildman–Crippen LogP) is 2.14. The Bertz CT molecular complexity index is 592. The summed E-state index contributed by atoms with van der Waals surface area (Å²) >= 11 is 0. The SMILES string of the molecule is CCNCc1c(C)nn(C2CCCC(S(C)(=O)=O)C2)c1C. The van der Waals surface area contributed by atoms with Gasteiger partial charge in [0, 0.05) is 24.1 Å². The third-order valence-corrected chi connectivity index (χ3v) is 6.22. The standard InChI is InChI=1S/C15H27N3O2S/c1-5-16-10-15-11(2)17-18(12(15)3)13-7-6-8-14(9-13)21(4,19)20/h13-14,16H,5-10H2,1-4H3. The van der Waals surface area contributed by atoms with Gasteiger partial charge in [-0.2, -0.15) is 5.10 Å². The van der Waals surface area contributed by atoms with Gasteiger partial charge in [0.1, 0.15) is 9.84 Å². The van der Waals surface area contributed by atoms with E-state index in [-0.39, 0.29) is 11.3 Å². The fourth-order valence-electron chi connectivity index (χ4n) is 3.29. The lowest BCUT2D eigenvalue weighted by atomic mass is 9.95. The summed E-state index contributed by atoms with van der Waals surface area (Å²) in [5.74, 6) is 0. The molecule has 1 saturated carbocycles. The Balaban J connectivity index is 2.22. The maximum Gasteiger partial charge on any atom is 0.150 e. The van der Waals surface area contributed by atoms with Crippen molar-refractivity contribution in [2.24, 2.45) is 0 Å². The maximum atomic E-state index is 11.8. The molecule has 0 aliphatic heterocycles. The first kappa shape index (κ1) is 16.5. The van der Waals surface area contributed by atoms with E-state index in [0.717, 1.165) is 38.0 Å². The van der Waals surface area contributed by atoms with Crippen molar-refractivity contribution in [3.8, 4) is 0 Å². The van der Waals surface area contributed by atoms with Crippen LogP contribution in [0.25, 0.3) is 0 Å². The highest BCUT2D eigenvalue weighted by Crippen LogP contribution is 2.33. The maximum absolute atomic E-state index is 11.8. The number of hydrogen-bond acceptors (Lipinski definition) is 4. The van der Waals surface area contributed by atoms with Crippen molar-refractivity contribution in [3.05, 3.63) is 17.0 Å². The first-order valence-corrected chi connectivity index (χ1v) is 9.74. The van der Waals surface area contributed by atoms with Gasteiger partial charge >= 0.3 is 0 Å². The lowest BCUT2D eigenvalue weighted by Gasteiger charge is -2.29. The van der Waals surface area contributed by atoms with Gasteiger partial charge in [-0.1, -0.05) is 13.3 Å². The minimum Gasteiger partial charge on any atom is -0.313 e. The third-order valence-electron chi connectivity index (χ3n) is 4.58. The Labute approximate surface area is 128 Å². The Morgan fingerprint density at radius 2 is 2.05 bits per heavy atom. The number of hydrogen-bond donors (Lipinski definition) is 1. The molecule has 0 spiro atoms. The van der Waals surface area contributed by atoms with Crippen molar-refractivity contribution in [1.29, 1.82) is 0 Å². The van der Waals surface area contributed by atoms with Gasteiger partial charge in [-0.05, 0) is 39.7 Å². The van der Waals surface area contributed by atoms with Crippen molar-refractivity contribution in [1.82, 2.24) is 15.1 Å². The summed E-state index contributed by atoms with van der Waals surface area (Å²) in [6.45, 7) is 7.98. The number of nitrogens with one attached hydrogen (secondary N) is 1. The summed E-state index contributed by atoms with van der Waals surface area (Å²) in [6.07, 6.45) is 4.83. The molecule has 1 fully saturated rings. The predicted molar refractivity (Wildman–Crippen MR) is 85.2 cm³/mol. The van der Waals surface area contributed by atoms with Crippen molar-refractivity contribution in [2.75, 3.05) is 12.8 Å². The zero-order valence-electron chi connectivity index (χ0n) is 13.5. The highest BCUT2D eigenvalue weighted by molar-refractivity contribution is 7.91. The van der Waals surface area contributed by atoms with Gasteiger partial charge in [-0.3, -0.25) is 4.68 Å². The quantitative estimate of drug-likeness (QED) is 0.904. The first-order chi connectivity index (χ1) is 9.84. The van der Waals surface area contributed by atoms with Crippen LogP contribution in [0.2, 0.25) is 0 Å². The molecule has 0 saturated heterocycles. The van der Waals surface area contributed by atoms with Crippen LogP contribution in [0.15, 0.2) is 0 Å². The van der Waals surface area contributed by atoms with Crippen LogP contribution in [0, 0.1) is 13.8 Å². The van der Waals surface area contributed by atoms with Crippen LogP contribution in [0.1, 0.15) is 55.6 Å². The molecule has 0 amide bonds. The molecule has 2 unspecified atom stereocenters. The second-order valence-electron chi connectivity index (χ2n) is 6.15. The van der Waals surface area contributed by atoms with Crippen LogP contribution in [0.4, 0.5) is 0 Å². The molecular weight excluding hydrogens is 286 g/mol. The van der Waals surface area contributed by atoms with Crippen LogP contribution >= 0.6 is 0 Å². The van der Waals surface area contributed by atoms with Crippen LogP contribution in [-0.2, 0) is 16.4 Å². The lowest BCUT2D eigenvalue weighted by molar-refractivity contribution is 0.324. The summed E-state index contributed by atoms with van der Waals surface area (Å²) < 4.78 is 25.7. The van der Waals surface area contributed by atoms with Crippen LogP contribution < -0.4 is 5.32 Å². The molecule has 5 nitrogen and oxygen atoms in total. The molecule has 1 heterocycles. The molecule has 1 aromatic rings. The Morgan fingerprint density at radius 1 is 1.33 bits per heavy atom. The van der Waals surface area contributed by atoms with Crippen LogP contribution in [0.3, 0.4) is 0 Å². The van der Waals surface area contributed by atoms with E-state index >= 15 is 0 Å². The smallest absolute Gasteiger partial charge is 0.150 e. The van der Waals surface area contributed by atoms with Crippen molar-refractivity contribution in [2.45, 2.75) is 64.3 Å². The van der Waals surface area contributed by atoms with Gasteiger partial charge in [0.2, 0.25) is 0 Å². The molecule has 2 atom stereocenters. The highest BCUT2D eigenvalue weighted by atomic mass is 32.2. The highest BCUT2D eigenvalue weighted by Gasteiger charge is 2.31. The first-order valence-electron chi connectivity index (χ1n) is 7.78. The molecule has 120 valence electrons. The van der Waals surface area contributed by atoms with E-state index in [9.17, 15) is 8.42 Å². The minimum absolute atomic E-state index is 0.211. The molecule has 6 heteroatoms. The van der Waals surface area contributed by atoms with Gasteiger partial charge in [-0.25, -0.2) is 8.42 Å². The van der Waals surface area contributed by atoms with Crippen molar-refractivity contribution >= 4 is 9.84 Å². The Morgan fingerprint density at radius 3 is 2.67 bits per heavy atom. The van der Waals surface area contributed by atoms with E-state index in [1.165, 1.54) is 17.5 Å². The topological polar surface area (TPSA) is 64.0 Å². The minimum atomic E-state index is -2.95. The van der Waals surface area contributed by atoms with E-state index in [0.29, 0.717) is 6.42 Å². The molecule has 0 radical (unpaired) electrons. The van der Waals surface area contributed by atoms with E-state index < -0.39 is 9.84 Å². The summed E-state index contributed by atoms with van der Waals surface area (Å²) in [4.78, 5) is 0. The van der Waals surface area contributed by atoms with Gasteiger partial charge in [0.25, 0.3) is 0 Å². The monoisotopic (exact) mass is 313 g/mol. The Hall–Kier alpha value is -0.880. The van der Waals surface area contributed by atoms with E-state index in [4.69, 9.17) is 0 Å². The lowest BCUT2D eigenvalue weighted by Crippen LogP contribution is -2.29. The van der Waals surface area contributed by atoms with Gasteiger partial charge in [-0.15, -0.1) is 0 Å². The number of aryl methyl sites for hydroxylation is 1. The molecule has 2 rings (SSSR count). The molecule has 21 heavy (non-hydrogen) atoms. The summed E-state index contributed by atoms with van der Waals surface area (Å²) in [7, 11) is -2.95. The molecule has 1 N–H and O–H groups in total. The number of nitrogens with zero attached hydrogens (tertiary/aromatic N) is 2. The molecule has 1 aromatic heterocycles. The fourth-order valence-corrected chi connectivity index (χ4v) is 4.46. The second-order valence-corrected chi connectivity index (χ2v) is 8.47. The van der Waals surface area contributed by atoms with Crippen LogP contribution in [0.5, 0.6) is 0 Å². The van der Waals surface area contributed by atoms with Gasteiger partial charge in [0.15, 0.2) is 0 Å². The second kappa shape index (κ2) is 6.48. The summed E-state index contributed by atoms with van der Waals surface area (Å²) in [5, 5.41) is 7.82. The number of rotatable bonds is 5. The molecule has 1 aliphatic rings. The summed E-state index contributed by atoms with van der Waals surface area (Å²) in [6, 6.07) is 0.215. The van der Waals surface area contributed by atoms with E-state index in [2.05, 4.69) is 28.9 Å². The van der Waals surface area contributed by atoms with E-state index in [1.807, 2.05) is 6.92 Å². The van der Waals surface area contributed by atoms with Gasteiger partial charge in [0.05, 0.1) is 17.0 Å². The largest absolute Gasteiger partial charge is 0.313 e. The van der Waals surface area contributed by atoms with Gasteiger partial charge < -0.3 is 5.32 Å². The zero-order chi connectivity index (χ0) is 15.6. The summed E-state index contributed by atoms with van der Waals surface area (Å²) in [5.41, 5.74) is 3.47. The zero-order valence-corrected chi connectivity index (χ0v) is 14.3. The van der Waals surface area contributed by atoms with Crippen molar-refractivity contribution in [3.63, 3.8) is 0 Å². The average Bonchev–Trinajstić information content (AvgIpc) is 2.71. The molecular formula is C15H27N3O2S. The molecule has 0 bridgehead atoms. The fraction of sp³-hybridized carbons (Fsp3) is 0.800. The Kier molecular flexibility index (Phi) is 5.09. The van der Waals surface area contributed by atoms with Crippen molar-refractivity contribution < 1.29 is 8.42 Å². The average molecular weight is 313 g/mol. The molecule has 0 aromatic carbocycles. The number of sulfone groups is 1.